The lowest BCUT2D eigenvalue weighted by atomic mass is 10.0. The Bertz CT molecular complexity index is 408. The van der Waals surface area contributed by atoms with Crippen LogP contribution in [0.4, 0.5) is 4.39 Å². The van der Waals surface area contributed by atoms with E-state index in [4.69, 9.17) is 0 Å². The molecule has 92 valence electrons. The first-order valence-electron chi connectivity index (χ1n) is 5.93. The van der Waals surface area contributed by atoms with Gasteiger partial charge in [-0.3, -0.25) is 4.79 Å². The van der Waals surface area contributed by atoms with E-state index in [2.05, 4.69) is 5.32 Å². The first-order chi connectivity index (χ1) is 8.22. The second-order valence-electron chi connectivity index (χ2n) is 4.36. The minimum Gasteiger partial charge on any atom is -0.337 e. The lowest BCUT2D eigenvalue weighted by Gasteiger charge is -2.32. The van der Waals surface area contributed by atoms with E-state index in [1.165, 1.54) is 6.07 Å². The summed E-state index contributed by atoms with van der Waals surface area (Å²) in [5, 5.41) is 3.17. The number of nitrogens with one attached hydrogen (secondary N) is 1. The average Bonchev–Trinajstić information content (AvgIpc) is 2.38. The van der Waals surface area contributed by atoms with Gasteiger partial charge in [0.05, 0.1) is 5.56 Å². The second-order valence-corrected chi connectivity index (χ2v) is 4.36. The van der Waals surface area contributed by atoms with E-state index in [1.807, 2.05) is 7.05 Å². The number of halogens is 1. The summed E-state index contributed by atoms with van der Waals surface area (Å²) in [7, 11) is 1.89. The van der Waals surface area contributed by atoms with Gasteiger partial charge in [0.25, 0.3) is 5.91 Å². The lowest BCUT2D eigenvalue weighted by molar-refractivity contribution is 0.0693. The molecule has 1 atom stereocenters. The predicted molar refractivity (Wildman–Crippen MR) is 64.4 cm³/mol. The Balaban J connectivity index is 2.12. The molecule has 0 aromatic heterocycles. The van der Waals surface area contributed by atoms with E-state index >= 15 is 0 Å². The van der Waals surface area contributed by atoms with Crippen molar-refractivity contribution in [3.8, 4) is 0 Å². The van der Waals surface area contributed by atoms with Crippen molar-refractivity contribution in [1.29, 1.82) is 0 Å². The number of likely N-dealkylation sites (tertiary alicyclic amines) is 1. The van der Waals surface area contributed by atoms with Gasteiger partial charge in [-0.2, -0.15) is 0 Å². The van der Waals surface area contributed by atoms with Crippen molar-refractivity contribution >= 4 is 5.91 Å². The topological polar surface area (TPSA) is 32.3 Å². The fraction of sp³-hybridized carbons (Fsp3) is 0.462. The normalized spacial score (nSPS) is 20.4. The Morgan fingerprint density at radius 1 is 1.47 bits per heavy atom. The zero-order valence-electron chi connectivity index (χ0n) is 9.95. The molecule has 0 aliphatic carbocycles. The van der Waals surface area contributed by atoms with Gasteiger partial charge >= 0.3 is 0 Å². The molecular formula is C13H17FN2O. The van der Waals surface area contributed by atoms with Crippen LogP contribution < -0.4 is 5.32 Å². The van der Waals surface area contributed by atoms with E-state index in [9.17, 15) is 9.18 Å². The number of nitrogens with zero attached hydrogens (tertiary/aromatic N) is 1. The third kappa shape index (κ3) is 2.64. The Hall–Kier alpha value is -1.42. The van der Waals surface area contributed by atoms with Crippen molar-refractivity contribution < 1.29 is 9.18 Å². The highest BCUT2D eigenvalue weighted by Crippen LogP contribution is 2.15. The van der Waals surface area contributed by atoms with Crippen molar-refractivity contribution in [1.82, 2.24) is 10.2 Å². The second kappa shape index (κ2) is 5.27. The first-order valence-corrected chi connectivity index (χ1v) is 5.93. The van der Waals surface area contributed by atoms with Crippen molar-refractivity contribution in [3.05, 3.63) is 35.6 Å². The number of amides is 1. The zero-order valence-corrected chi connectivity index (χ0v) is 9.95. The summed E-state index contributed by atoms with van der Waals surface area (Å²) >= 11 is 0. The van der Waals surface area contributed by atoms with Crippen LogP contribution in [-0.2, 0) is 0 Å². The SMILES string of the molecule is CN[C@H]1CCCN(C(=O)c2ccccc2F)C1. The maximum atomic E-state index is 13.5. The van der Waals surface area contributed by atoms with Crippen molar-refractivity contribution in [2.24, 2.45) is 0 Å². The van der Waals surface area contributed by atoms with Gasteiger partial charge in [0, 0.05) is 19.1 Å². The molecule has 1 amide bonds. The Morgan fingerprint density at radius 2 is 2.24 bits per heavy atom. The van der Waals surface area contributed by atoms with Crippen LogP contribution in [0, 0.1) is 5.82 Å². The molecule has 1 aliphatic rings. The fourth-order valence-corrected chi connectivity index (χ4v) is 2.20. The molecule has 1 fully saturated rings. The van der Waals surface area contributed by atoms with Gasteiger partial charge < -0.3 is 10.2 Å². The maximum absolute atomic E-state index is 13.5. The van der Waals surface area contributed by atoms with Crippen LogP contribution in [0.1, 0.15) is 23.2 Å². The number of hydrogen-bond donors (Lipinski definition) is 1. The standard InChI is InChI=1S/C13H17FN2O/c1-15-10-5-4-8-16(9-10)13(17)11-6-2-3-7-12(11)14/h2-3,6-7,10,15H,4-5,8-9H2,1H3/t10-/m0/s1. The van der Waals surface area contributed by atoms with Crippen LogP contribution >= 0.6 is 0 Å². The van der Waals surface area contributed by atoms with Crippen LogP contribution in [0.2, 0.25) is 0 Å². The molecule has 1 aromatic carbocycles. The highest BCUT2D eigenvalue weighted by atomic mass is 19.1. The molecular weight excluding hydrogens is 219 g/mol. The Labute approximate surface area is 101 Å². The van der Waals surface area contributed by atoms with Gasteiger partial charge in [0.1, 0.15) is 5.82 Å². The number of piperidine rings is 1. The molecule has 0 saturated carbocycles. The average molecular weight is 236 g/mol. The molecule has 0 bridgehead atoms. The van der Waals surface area contributed by atoms with Gasteiger partial charge in [-0.05, 0) is 32.0 Å². The van der Waals surface area contributed by atoms with E-state index in [0.717, 1.165) is 12.8 Å². The quantitative estimate of drug-likeness (QED) is 0.846. The number of rotatable bonds is 2. The highest BCUT2D eigenvalue weighted by Gasteiger charge is 2.24. The largest absolute Gasteiger partial charge is 0.337 e. The molecule has 0 spiro atoms. The third-order valence-electron chi connectivity index (χ3n) is 3.22. The van der Waals surface area contributed by atoms with Crippen molar-refractivity contribution in [2.45, 2.75) is 18.9 Å². The molecule has 1 aromatic rings. The summed E-state index contributed by atoms with van der Waals surface area (Å²) in [6.45, 7) is 1.37. The molecule has 1 saturated heterocycles. The van der Waals surface area contributed by atoms with Gasteiger partial charge in [-0.15, -0.1) is 0 Å². The number of carbonyl (C=O) groups excluding carboxylic acids is 1. The van der Waals surface area contributed by atoms with E-state index < -0.39 is 5.82 Å². The number of likely N-dealkylation sites (N-methyl/N-ethyl adjacent to an activating group) is 1. The van der Waals surface area contributed by atoms with Crippen LogP contribution in [0.25, 0.3) is 0 Å². The molecule has 0 unspecified atom stereocenters. The van der Waals surface area contributed by atoms with Crippen molar-refractivity contribution in [3.63, 3.8) is 0 Å². The predicted octanol–water partition coefficient (Wildman–Crippen LogP) is 1.65. The monoisotopic (exact) mass is 236 g/mol. The molecule has 1 heterocycles. The zero-order chi connectivity index (χ0) is 12.3. The van der Waals surface area contributed by atoms with Crippen LogP contribution in [0.5, 0.6) is 0 Å². The third-order valence-corrected chi connectivity index (χ3v) is 3.22. The molecule has 1 N–H and O–H groups in total. The van der Waals surface area contributed by atoms with Crippen LogP contribution in [0.15, 0.2) is 24.3 Å². The van der Waals surface area contributed by atoms with E-state index in [-0.39, 0.29) is 11.5 Å². The summed E-state index contributed by atoms with van der Waals surface area (Å²) in [5.74, 6) is -0.646. The van der Waals surface area contributed by atoms with Gasteiger partial charge in [0.2, 0.25) is 0 Å². The molecule has 2 rings (SSSR count). The summed E-state index contributed by atoms with van der Waals surface area (Å²) in [5.41, 5.74) is 0.171. The minimum atomic E-state index is -0.441. The molecule has 4 heteroatoms. The summed E-state index contributed by atoms with van der Waals surface area (Å²) in [6, 6.07) is 6.47. The van der Waals surface area contributed by atoms with Gasteiger partial charge in [0.15, 0.2) is 0 Å². The van der Waals surface area contributed by atoms with Gasteiger partial charge in [-0.25, -0.2) is 4.39 Å². The number of benzene rings is 1. The lowest BCUT2D eigenvalue weighted by Crippen LogP contribution is -2.47. The number of carbonyl (C=O) groups is 1. The molecule has 1 aliphatic heterocycles. The molecule has 3 nitrogen and oxygen atoms in total. The Kier molecular flexibility index (Phi) is 3.74. The van der Waals surface area contributed by atoms with Crippen LogP contribution in [-0.4, -0.2) is 37.0 Å². The van der Waals surface area contributed by atoms with E-state index in [0.29, 0.717) is 19.1 Å². The maximum Gasteiger partial charge on any atom is 0.256 e. The smallest absolute Gasteiger partial charge is 0.256 e. The fourth-order valence-electron chi connectivity index (χ4n) is 2.20. The molecule has 17 heavy (non-hydrogen) atoms. The van der Waals surface area contributed by atoms with Crippen LogP contribution in [0.3, 0.4) is 0 Å². The summed E-state index contributed by atoms with van der Waals surface area (Å²) in [4.78, 5) is 13.9. The molecule has 0 radical (unpaired) electrons. The van der Waals surface area contributed by atoms with Gasteiger partial charge in [-0.1, -0.05) is 12.1 Å². The highest BCUT2D eigenvalue weighted by molar-refractivity contribution is 5.94. The minimum absolute atomic E-state index is 0.171. The Morgan fingerprint density at radius 3 is 2.94 bits per heavy atom. The first kappa shape index (κ1) is 12.0. The van der Waals surface area contributed by atoms with E-state index in [1.54, 1.807) is 23.1 Å². The number of hydrogen-bond acceptors (Lipinski definition) is 2. The summed E-state index contributed by atoms with van der Waals surface area (Å²) < 4.78 is 13.5. The summed E-state index contributed by atoms with van der Waals surface area (Å²) in [6.07, 6.45) is 2.03. The van der Waals surface area contributed by atoms with Crippen molar-refractivity contribution in [2.75, 3.05) is 20.1 Å².